The van der Waals surface area contributed by atoms with Crippen molar-refractivity contribution in [3.63, 3.8) is 0 Å². The van der Waals surface area contributed by atoms with Gasteiger partial charge in [-0.15, -0.1) is 0 Å². The quantitative estimate of drug-likeness (QED) is 0.676. The second-order valence-corrected chi connectivity index (χ2v) is 5.00. The number of carboxylic acids is 1. The van der Waals surface area contributed by atoms with Crippen molar-refractivity contribution >= 4 is 5.97 Å². The van der Waals surface area contributed by atoms with Gasteiger partial charge < -0.3 is 10.0 Å². The Labute approximate surface area is 93.5 Å². The Bertz CT molecular complexity index is 180. The molecule has 0 aromatic carbocycles. The zero-order valence-electron chi connectivity index (χ0n) is 10.5. The summed E-state index contributed by atoms with van der Waals surface area (Å²) in [5.41, 5.74) is 0. The molecule has 1 atom stereocenters. The zero-order valence-corrected chi connectivity index (χ0v) is 10.5. The summed E-state index contributed by atoms with van der Waals surface area (Å²) in [6.45, 7) is 8.40. The number of aliphatic carboxylic acids is 1. The molecule has 0 heterocycles. The Morgan fingerprint density at radius 3 is 2.40 bits per heavy atom. The monoisotopic (exact) mass is 215 g/mol. The van der Waals surface area contributed by atoms with Gasteiger partial charge in [0, 0.05) is 13.0 Å². The Hall–Kier alpha value is -0.570. The van der Waals surface area contributed by atoms with Crippen LogP contribution in [0.5, 0.6) is 0 Å². The topological polar surface area (TPSA) is 40.5 Å². The van der Waals surface area contributed by atoms with Gasteiger partial charge in [0.05, 0.1) is 0 Å². The van der Waals surface area contributed by atoms with E-state index in [0.29, 0.717) is 0 Å². The summed E-state index contributed by atoms with van der Waals surface area (Å²) in [7, 11) is 2.07. The standard InChI is InChI=1S/C12H25NO2/c1-10(2)6-5-7-13(4)9-11(3)8-12(14)15/h10-11H,5-9H2,1-4H3,(H,14,15). The smallest absolute Gasteiger partial charge is 0.303 e. The van der Waals surface area contributed by atoms with E-state index in [0.717, 1.165) is 19.0 Å². The lowest BCUT2D eigenvalue weighted by Gasteiger charge is -2.20. The molecule has 0 rings (SSSR count). The molecule has 0 saturated carbocycles. The van der Waals surface area contributed by atoms with Gasteiger partial charge in [-0.25, -0.2) is 0 Å². The van der Waals surface area contributed by atoms with Crippen LogP contribution in [0, 0.1) is 11.8 Å². The van der Waals surface area contributed by atoms with E-state index in [9.17, 15) is 4.79 Å². The highest BCUT2D eigenvalue weighted by Gasteiger charge is 2.10. The maximum Gasteiger partial charge on any atom is 0.303 e. The lowest BCUT2D eigenvalue weighted by molar-refractivity contribution is -0.138. The number of hydrogen-bond donors (Lipinski definition) is 1. The molecular formula is C12H25NO2. The largest absolute Gasteiger partial charge is 0.481 e. The Balaban J connectivity index is 3.55. The van der Waals surface area contributed by atoms with Gasteiger partial charge in [-0.05, 0) is 38.3 Å². The Morgan fingerprint density at radius 2 is 1.93 bits per heavy atom. The molecule has 3 nitrogen and oxygen atoms in total. The maximum atomic E-state index is 10.5. The molecule has 3 heteroatoms. The number of hydrogen-bond acceptors (Lipinski definition) is 2. The van der Waals surface area contributed by atoms with Gasteiger partial charge in [0.25, 0.3) is 0 Å². The van der Waals surface area contributed by atoms with Crippen molar-refractivity contribution in [2.24, 2.45) is 11.8 Å². The summed E-state index contributed by atoms with van der Waals surface area (Å²) >= 11 is 0. The van der Waals surface area contributed by atoms with E-state index >= 15 is 0 Å². The van der Waals surface area contributed by atoms with E-state index in [-0.39, 0.29) is 12.3 Å². The normalized spacial score (nSPS) is 13.5. The second kappa shape index (κ2) is 7.69. The lowest BCUT2D eigenvalue weighted by atomic mass is 10.1. The van der Waals surface area contributed by atoms with Crippen LogP contribution in [0.1, 0.15) is 40.0 Å². The maximum absolute atomic E-state index is 10.5. The number of nitrogens with zero attached hydrogens (tertiary/aromatic N) is 1. The van der Waals surface area contributed by atoms with E-state index in [4.69, 9.17) is 5.11 Å². The van der Waals surface area contributed by atoms with E-state index in [2.05, 4.69) is 25.8 Å². The average molecular weight is 215 g/mol. The molecule has 0 aliphatic carbocycles. The third kappa shape index (κ3) is 9.73. The Kier molecular flexibility index (Phi) is 7.39. The fourth-order valence-electron chi connectivity index (χ4n) is 1.76. The summed E-state index contributed by atoms with van der Waals surface area (Å²) in [6, 6.07) is 0. The van der Waals surface area contributed by atoms with Crippen LogP contribution in [0.2, 0.25) is 0 Å². The SMILES string of the molecule is CC(C)CCCN(C)CC(C)CC(=O)O. The van der Waals surface area contributed by atoms with Gasteiger partial charge in [-0.1, -0.05) is 20.8 Å². The van der Waals surface area contributed by atoms with Crippen LogP contribution in [-0.4, -0.2) is 36.1 Å². The van der Waals surface area contributed by atoms with Crippen LogP contribution >= 0.6 is 0 Å². The molecule has 15 heavy (non-hydrogen) atoms. The summed E-state index contributed by atoms with van der Waals surface area (Å²) in [5.74, 6) is 0.305. The van der Waals surface area contributed by atoms with Gasteiger partial charge in [0.15, 0.2) is 0 Å². The van der Waals surface area contributed by atoms with E-state index < -0.39 is 5.97 Å². The summed E-state index contributed by atoms with van der Waals surface area (Å²) in [6.07, 6.45) is 2.72. The fourth-order valence-corrected chi connectivity index (χ4v) is 1.76. The molecule has 0 aromatic heterocycles. The first-order valence-electron chi connectivity index (χ1n) is 5.82. The van der Waals surface area contributed by atoms with E-state index in [1.807, 2.05) is 6.92 Å². The third-order valence-corrected chi connectivity index (χ3v) is 2.47. The molecule has 1 unspecified atom stereocenters. The van der Waals surface area contributed by atoms with E-state index in [1.54, 1.807) is 0 Å². The highest BCUT2D eigenvalue weighted by atomic mass is 16.4. The highest BCUT2D eigenvalue weighted by molar-refractivity contribution is 5.66. The van der Waals surface area contributed by atoms with Gasteiger partial charge in [-0.2, -0.15) is 0 Å². The van der Waals surface area contributed by atoms with Crippen LogP contribution in [0.4, 0.5) is 0 Å². The molecular weight excluding hydrogens is 190 g/mol. The molecule has 90 valence electrons. The molecule has 0 aliphatic heterocycles. The molecule has 0 aliphatic rings. The van der Waals surface area contributed by atoms with Crippen molar-refractivity contribution < 1.29 is 9.90 Å². The predicted octanol–water partition coefficient (Wildman–Crippen LogP) is 2.47. The van der Waals surface area contributed by atoms with Gasteiger partial charge in [-0.3, -0.25) is 4.79 Å². The first kappa shape index (κ1) is 14.4. The first-order valence-corrected chi connectivity index (χ1v) is 5.82. The van der Waals surface area contributed by atoms with Crippen molar-refractivity contribution in [1.82, 2.24) is 4.90 Å². The van der Waals surface area contributed by atoms with Crippen molar-refractivity contribution in [2.75, 3.05) is 20.1 Å². The minimum Gasteiger partial charge on any atom is -0.481 e. The Morgan fingerprint density at radius 1 is 1.33 bits per heavy atom. The zero-order chi connectivity index (χ0) is 11.8. The summed E-state index contributed by atoms with van der Waals surface area (Å²) < 4.78 is 0. The molecule has 0 radical (unpaired) electrons. The van der Waals surface area contributed by atoms with Crippen molar-refractivity contribution in [2.45, 2.75) is 40.0 Å². The highest BCUT2D eigenvalue weighted by Crippen LogP contribution is 2.07. The summed E-state index contributed by atoms with van der Waals surface area (Å²) in [4.78, 5) is 12.7. The van der Waals surface area contributed by atoms with Crippen LogP contribution in [0.3, 0.4) is 0 Å². The van der Waals surface area contributed by atoms with E-state index in [1.165, 1.54) is 12.8 Å². The lowest BCUT2D eigenvalue weighted by Crippen LogP contribution is -2.26. The van der Waals surface area contributed by atoms with Gasteiger partial charge in [0.2, 0.25) is 0 Å². The van der Waals surface area contributed by atoms with Crippen molar-refractivity contribution in [3.8, 4) is 0 Å². The molecule has 0 saturated heterocycles. The third-order valence-electron chi connectivity index (χ3n) is 2.47. The fraction of sp³-hybridized carbons (Fsp3) is 0.917. The average Bonchev–Trinajstić information content (AvgIpc) is 2.00. The first-order chi connectivity index (χ1) is 6.91. The number of carboxylic acid groups (broad SMARTS) is 1. The minimum absolute atomic E-state index is 0.242. The minimum atomic E-state index is -0.696. The van der Waals surface area contributed by atoms with Gasteiger partial charge >= 0.3 is 5.97 Å². The summed E-state index contributed by atoms with van der Waals surface area (Å²) in [5, 5.41) is 8.63. The second-order valence-electron chi connectivity index (χ2n) is 5.00. The molecule has 1 N–H and O–H groups in total. The molecule has 0 spiro atoms. The van der Waals surface area contributed by atoms with Crippen molar-refractivity contribution in [1.29, 1.82) is 0 Å². The van der Waals surface area contributed by atoms with Crippen LogP contribution in [-0.2, 0) is 4.79 Å². The molecule has 0 bridgehead atoms. The number of rotatable bonds is 8. The van der Waals surface area contributed by atoms with Crippen LogP contribution < -0.4 is 0 Å². The molecule has 0 amide bonds. The van der Waals surface area contributed by atoms with Crippen molar-refractivity contribution in [3.05, 3.63) is 0 Å². The van der Waals surface area contributed by atoms with Crippen LogP contribution in [0.25, 0.3) is 0 Å². The number of carbonyl (C=O) groups is 1. The van der Waals surface area contributed by atoms with Crippen LogP contribution in [0.15, 0.2) is 0 Å². The van der Waals surface area contributed by atoms with Gasteiger partial charge in [0.1, 0.15) is 0 Å². The molecule has 0 fully saturated rings. The predicted molar refractivity (Wildman–Crippen MR) is 63.0 cm³/mol. The molecule has 0 aromatic rings.